The Morgan fingerprint density at radius 2 is 2.27 bits per heavy atom. The van der Waals surface area contributed by atoms with E-state index < -0.39 is 0 Å². The molecule has 1 aliphatic rings. The Kier molecular flexibility index (Phi) is 10.8. The minimum atomic E-state index is -0.0181. The molecule has 0 saturated carbocycles. The van der Waals surface area contributed by atoms with Gasteiger partial charge in [-0.25, -0.2) is 9.98 Å². The normalized spacial score (nSPS) is 19.7. The lowest BCUT2D eigenvalue weighted by Gasteiger charge is -2.27. The molecule has 0 spiro atoms. The third-order valence-corrected chi connectivity index (χ3v) is 4.34. The van der Waals surface area contributed by atoms with Crippen molar-refractivity contribution in [3.63, 3.8) is 0 Å². The molecular weight excluding hydrogens is 447 g/mol. The summed E-state index contributed by atoms with van der Waals surface area (Å²) in [5, 5.41) is 16.0. The maximum atomic E-state index is 9.34. The first-order valence-corrected chi connectivity index (χ1v) is 9.00. The Balaban J connectivity index is 0.00000338. The maximum absolute atomic E-state index is 9.34. The molecule has 1 aliphatic heterocycles. The van der Waals surface area contributed by atoms with Gasteiger partial charge >= 0.3 is 0 Å². The zero-order chi connectivity index (χ0) is 18.0. The van der Waals surface area contributed by atoms with Crippen molar-refractivity contribution < 1.29 is 14.6 Å². The number of hydrogen-bond acceptors (Lipinski definition) is 5. The van der Waals surface area contributed by atoms with Crippen LogP contribution in [-0.4, -0.2) is 55.6 Å². The predicted molar refractivity (Wildman–Crippen MR) is 113 cm³/mol. The SMILES string of the molecule is CCNC(=NCc1cccnc1OCC)NCC1(CCO)CCOC1.I. The van der Waals surface area contributed by atoms with Crippen LogP contribution < -0.4 is 15.4 Å². The summed E-state index contributed by atoms with van der Waals surface area (Å²) in [6.07, 6.45) is 3.41. The van der Waals surface area contributed by atoms with Crippen molar-refractivity contribution >= 4 is 29.9 Å². The number of aliphatic imine (C=N–C) groups is 1. The standard InChI is InChI=1S/C18H30N4O3.HI/c1-3-19-17(22-13-18(7-10-23)8-11-24-14-18)21-12-15-6-5-9-20-16(15)25-4-2;/h5-6,9,23H,3-4,7-8,10-14H2,1-2H3,(H2,19,21,22);1H. The van der Waals surface area contributed by atoms with E-state index in [1.54, 1.807) is 6.20 Å². The van der Waals surface area contributed by atoms with E-state index in [-0.39, 0.29) is 36.0 Å². The molecular formula is C18H31IN4O3. The quantitative estimate of drug-likeness (QED) is 0.286. The first-order chi connectivity index (χ1) is 12.2. The van der Waals surface area contributed by atoms with Crippen molar-refractivity contribution in [3.05, 3.63) is 23.9 Å². The number of nitrogens with zero attached hydrogens (tertiary/aromatic N) is 2. The van der Waals surface area contributed by atoms with Gasteiger partial charge in [-0.05, 0) is 32.8 Å². The van der Waals surface area contributed by atoms with E-state index in [0.717, 1.165) is 44.1 Å². The molecule has 7 nitrogen and oxygen atoms in total. The summed E-state index contributed by atoms with van der Waals surface area (Å²) in [5.41, 5.74) is 0.936. The number of guanidine groups is 1. The van der Waals surface area contributed by atoms with Crippen molar-refractivity contribution in [1.29, 1.82) is 0 Å². The van der Waals surface area contributed by atoms with E-state index in [9.17, 15) is 5.11 Å². The van der Waals surface area contributed by atoms with E-state index >= 15 is 0 Å². The molecule has 0 amide bonds. The van der Waals surface area contributed by atoms with Gasteiger partial charge in [0.2, 0.25) is 5.88 Å². The fourth-order valence-corrected chi connectivity index (χ4v) is 2.90. The number of aliphatic hydroxyl groups excluding tert-OH is 1. The summed E-state index contributed by atoms with van der Waals surface area (Å²) < 4.78 is 11.1. The Morgan fingerprint density at radius 3 is 2.92 bits per heavy atom. The zero-order valence-corrected chi connectivity index (χ0v) is 18.0. The molecule has 0 bridgehead atoms. The zero-order valence-electron chi connectivity index (χ0n) is 15.7. The van der Waals surface area contributed by atoms with Crippen LogP contribution in [0.4, 0.5) is 0 Å². The van der Waals surface area contributed by atoms with Gasteiger partial charge in [0.25, 0.3) is 0 Å². The number of ether oxygens (including phenoxy) is 2. The molecule has 1 saturated heterocycles. The average molecular weight is 478 g/mol. The lowest BCUT2D eigenvalue weighted by Crippen LogP contribution is -2.44. The number of nitrogens with one attached hydrogen (secondary N) is 2. The van der Waals surface area contributed by atoms with Gasteiger partial charge in [-0.2, -0.15) is 0 Å². The molecule has 0 aromatic carbocycles. The Bertz CT molecular complexity index is 551. The minimum Gasteiger partial charge on any atom is -0.478 e. The second-order valence-electron chi connectivity index (χ2n) is 6.23. The largest absolute Gasteiger partial charge is 0.478 e. The average Bonchev–Trinajstić information content (AvgIpc) is 3.08. The summed E-state index contributed by atoms with van der Waals surface area (Å²) in [5.74, 6) is 1.38. The third-order valence-electron chi connectivity index (χ3n) is 4.34. The fraction of sp³-hybridized carbons (Fsp3) is 0.667. The van der Waals surface area contributed by atoms with Crippen LogP contribution in [0.5, 0.6) is 5.88 Å². The van der Waals surface area contributed by atoms with Gasteiger partial charge in [-0.1, -0.05) is 6.07 Å². The fourth-order valence-electron chi connectivity index (χ4n) is 2.90. The van der Waals surface area contributed by atoms with E-state index in [1.807, 2.05) is 26.0 Å². The predicted octanol–water partition coefficient (Wildman–Crippen LogP) is 1.94. The Hall–Kier alpha value is -1.13. The van der Waals surface area contributed by atoms with Crippen LogP contribution in [0.15, 0.2) is 23.3 Å². The molecule has 148 valence electrons. The van der Waals surface area contributed by atoms with Crippen LogP contribution >= 0.6 is 24.0 Å². The van der Waals surface area contributed by atoms with Gasteiger partial charge in [-0.15, -0.1) is 24.0 Å². The van der Waals surface area contributed by atoms with Gasteiger partial charge in [0, 0.05) is 43.5 Å². The molecule has 1 aromatic heterocycles. The molecule has 8 heteroatoms. The Labute approximate surface area is 173 Å². The molecule has 3 N–H and O–H groups in total. The highest BCUT2D eigenvalue weighted by molar-refractivity contribution is 14.0. The van der Waals surface area contributed by atoms with E-state index in [1.165, 1.54) is 0 Å². The maximum Gasteiger partial charge on any atom is 0.218 e. The van der Waals surface area contributed by atoms with Crippen molar-refractivity contribution in [1.82, 2.24) is 15.6 Å². The van der Waals surface area contributed by atoms with Crippen LogP contribution in [-0.2, 0) is 11.3 Å². The number of aliphatic hydroxyl groups is 1. The Morgan fingerprint density at radius 1 is 1.42 bits per heavy atom. The van der Waals surface area contributed by atoms with Gasteiger partial charge < -0.3 is 25.2 Å². The van der Waals surface area contributed by atoms with Crippen LogP contribution in [0.25, 0.3) is 0 Å². The summed E-state index contributed by atoms with van der Waals surface area (Å²) in [6.45, 7) is 8.15. The summed E-state index contributed by atoms with van der Waals surface area (Å²) in [4.78, 5) is 8.91. The second kappa shape index (κ2) is 12.3. The van der Waals surface area contributed by atoms with Gasteiger partial charge in [-0.3, -0.25) is 0 Å². The molecule has 0 radical (unpaired) electrons. The minimum absolute atomic E-state index is 0. The van der Waals surface area contributed by atoms with E-state index in [4.69, 9.17) is 9.47 Å². The van der Waals surface area contributed by atoms with Crippen molar-refractivity contribution in [2.45, 2.75) is 33.2 Å². The lowest BCUT2D eigenvalue weighted by atomic mass is 9.84. The van der Waals surface area contributed by atoms with E-state index in [2.05, 4.69) is 20.6 Å². The topological polar surface area (TPSA) is 88.0 Å². The van der Waals surface area contributed by atoms with Crippen LogP contribution in [0.1, 0.15) is 32.3 Å². The number of rotatable bonds is 9. The van der Waals surface area contributed by atoms with E-state index in [0.29, 0.717) is 25.6 Å². The third kappa shape index (κ3) is 6.88. The van der Waals surface area contributed by atoms with Crippen molar-refractivity contribution in [2.75, 3.05) is 39.5 Å². The van der Waals surface area contributed by atoms with Gasteiger partial charge in [0.05, 0.1) is 19.8 Å². The van der Waals surface area contributed by atoms with Crippen LogP contribution in [0, 0.1) is 5.41 Å². The molecule has 0 aliphatic carbocycles. The number of halogens is 1. The highest BCUT2D eigenvalue weighted by atomic mass is 127. The molecule has 2 rings (SSSR count). The molecule has 1 atom stereocenters. The molecule has 2 heterocycles. The highest BCUT2D eigenvalue weighted by Crippen LogP contribution is 2.31. The molecule has 1 fully saturated rings. The van der Waals surface area contributed by atoms with Gasteiger partial charge in [0.15, 0.2) is 5.96 Å². The number of hydrogen-bond donors (Lipinski definition) is 3. The number of pyridine rings is 1. The van der Waals surface area contributed by atoms with Crippen molar-refractivity contribution in [2.24, 2.45) is 10.4 Å². The molecule has 26 heavy (non-hydrogen) atoms. The molecule has 1 aromatic rings. The summed E-state index contributed by atoms with van der Waals surface area (Å²) >= 11 is 0. The monoisotopic (exact) mass is 478 g/mol. The lowest BCUT2D eigenvalue weighted by molar-refractivity contribution is 0.127. The first-order valence-electron chi connectivity index (χ1n) is 9.00. The second-order valence-corrected chi connectivity index (χ2v) is 6.23. The van der Waals surface area contributed by atoms with Crippen LogP contribution in [0.3, 0.4) is 0 Å². The summed E-state index contributed by atoms with van der Waals surface area (Å²) in [6, 6.07) is 3.86. The van der Waals surface area contributed by atoms with Crippen molar-refractivity contribution in [3.8, 4) is 5.88 Å². The number of aromatic nitrogens is 1. The molecule has 1 unspecified atom stereocenters. The van der Waals surface area contributed by atoms with Gasteiger partial charge in [0.1, 0.15) is 0 Å². The smallest absolute Gasteiger partial charge is 0.218 e. The van der Waals surface area contributed by atoms with Crippen LogP contribution in [0.2, 0.25) is 0 Å². The summed E-state index contributed by atoms with van der Waals surface area (Å²) in [7, 11) is 0. The highest BCUT2D eigenvalue weighted by Gasteiger charge is 2.34. The first kappa shape index (κ1) is 22.9.